The molecule has 1 heterocycles. The zero-order valence-corrected chi connectivity index (χ0v) is 17.5. The average molecular weight is 396 g/mol. The molecule has 0 aliphatic heterocycles. The fourth-order valence-electron chi connectivity index (χ4n) is 4.13. The molecule has 0 amide bonds. The molecule has 0 spiro atoms. The molecule has 4 rings (SSSR count). The summed E-state index contributed by atoms with van der Waals surface area (Å²) in [6.45, 7) is 6.10. The number of carboxylic acid groups (broad SMARTS) is 1. The second kappa shape index (κ2) is 8.03. The Balaban J connectivity index is 1.89. The Morgan fingerprint density at radius 2 is 1.77 bits per heavy atom. The first-order chi connectivity index (χ1) is 14.4. The van der Waals surface area contributed by atoms with Gasteiger partial charge in [0.25, 0.3) is 0 Å². The van der Waals surface area contributed by atoms with Gasteiger partial charge in [-0.05, 0) is 66.8 Å². The summed E-state index contributed by atoms with van der Waals surface area (Å²) in [4.78, 5) is 11.0. The van der Waals surface area contributed by atoms with Gasteiger partial charge in [0, 0.05) is 23.2 Å². The lowest BCUT2D eigenvalue weighted by Crippen LogP contribution is -2.13. The number of carboxylic acids is 1. The summed E-state index contributed by atoms with van der Waals surface area (Å²) >= 11 is 0. The Bertz CT molecular complexity index is 1260. The summed E-state index contributed by atoms with van der Waals surface area (Å²) < 4.78 is 2.31. The van der Waals surface area contributed by atoms with Crippen LogP contribution in [0.4, 0.5) is 0 Å². The summed E-state index contributed by atoms with van der Waals surface area (Å²) in [6.07, 6.45) is 3.38. The monoisotopic (exact) mass is 395 g/mol. The van der Waals surface area contributed by atoms with E-state index in [0.717, 1.165) is 22.0 Å². The molecular weight excluding hydrogens is 370 g/mol. The minimum Gasteiger partial charge on any atom is -0.478 e. The van der Waals surface area contributed by atoms with E-state index in [9.17, 15) is 4.79 Å². The third-order valence-electron chi connectivity index (χ3n) is 5.63. The Kier molecular flexibility index (Phi) is 5.28. The summed E-state index contributed by atoms with van der Waals surface area (Å²) in [5, 5.41) is 10.1. The molecule has 1 aromatic heterocycles. The standard InChI is InChI=1S/C27H25NO2/c1-18-7-6-9-23(15-18)27(24-10-5-4-8-19(24)2)28-14-13-22-17-21(11-12-25(22)28)20(3)16-26(29)30/h4-17,27H,1-3H3,(H,29,30)/b20-16+. The normalized spacial score (nSPS) is 12.8. The maximum absolute atomic E-state index is 11.0. The van der Waals surface area contributed by atoms with Crippen LogP contribution < -0.4 is 0 Å². The predicted molar refractivity (Wildman–Crippen MR) is 123 cm³/mol. The van der Waals surface area contributed by atoms with Gasteiger partial charge in [-0.1, -0.05) is 60.2 Å². The quantitative estimate of drug-likeness (QED) is 0.398. The van der Waals surface area contributed by atoms with Crippen molar-refractivity contribution in [3.63, 3.8) is 0 Å². The molecule has 0 bridgehead atoms. The van der Waals surface area contributed by atoms with Crippen LogP contribution in [0.15, 0.2) is 85.1 Å². The zero-order valence-electron chi connectivity index (χ0n) is 17.5. The summed E-state index contributed by atoms with van der Waals surface area (Å²) in [5.41, 5.74) is 7.79. The fraction of sp³-hybridized carbons (Fsp3) is 0.148. The topological polar surface area (TPSA) is 42.2 Å². The minimum absolute atomic E-state index is 0.0603. The van der Waals surface area contributed by atoms with E-state index in [-0.39, 0.29) is 6.04 Å². The van der Waals surface area contributed by atoms with Gasteiger partial charge in [-0.3, -0.25) is 0 Å². The Morgan fingerprint density at radius 1 is 0.967 bits per heavy atom. The van der Waals surface area contributed by atoms with Crippen molar-refractivity contribution < 1.29 is 9.90 Å². The van der Waals surface area contributed by atoms with Crippen LogP contribution in [0.25, 0.3) is 16.5 Å². The van der Waals surface area contributed by atoms with Crippen LogP contribution in [0.1, 0.15) is 40.8 Å². The van der Waals surface area contributed by atoms with Crippen LogP contribution in [0.3, 0.4) is 0 Å². The average Bonchev–Trinajstić information content (AvgIpc) is 3.12. The van der Waals surface area contributed by atoms with Gasteiger partial charge in [0.05, 0.1) is 6.04 Å². The molecule has 1 N–H and O–H groups in total. The van der Waals surface area contributed by atoms with Crippen LogP contribution in [0, 0.1) is 13.8 Å². The van der Waals surface area contributed by atoms with E-state index < -0.39 is 5.97 Å². The van der Waals surface area contributed by atoms with E-state index in [0.29, 0.717) is 0 Å². The number of hydrogen-bond donors (Lipinski definition) is 1. The molecule has 3 nitrogen and oxygen atoms in total. The second-order valence-electron chi connectivity index (χ2n) is 7.84. The van der Waals surface area contributed by atoms with E-state index in [1.165, 1.54) is 28.3 Å². The highest BCUT2D eigenvalue weighted by Crippen LogP contribution is 2.34. The zero-order chi connectivity index (χ0) is 21.3. The van der Waals surface area contributed by atoms with Crippen molar-refractivity contribution in [2.24, 2.45) is 0 Å². The molecule has 0 aliphatic rings. The molecule has 4 aromatic rings. The number of allylic oxidation sites excluding steroid dienone is 1. The number of nitrogens with zero attached hydrogens (tertiary/aromatic N) is 1. The van der Waals surface area contributed by atoms with E-state index >= 15 is 0 Å². The van der Waals surface area contributed by atoms with Gasteiger partial charge in [-0.25, -0.2) is 4.79 Å². The maximum Gasteiger partial charge on any atom is 0.328 e. The van der Waals surface area contributed by atoms with Crippen molar-refractivity contribution >= 4 is 22.4 Å². The lowest BCUT2D eigenvalue weighted by molar-refractivity contribution is -0.131. The van der Waals surface area contributed by atoms with E-state index in [1.807, 2.05) is 13.0 Å². The van der Waals surface area contributed by atoms with Gasteiger partial charge in [0.1, 0.15) is 0 Å². The van der Waals surface area contributed by atoms with Crippen molar-refractivity contribution in [1.82, 2.24) is 4.57 Å². The number of aliphatic carboxylic acids is 1. The van der Waals surface area contributed by atoms with Gasteiger partial charge >= 0.3 is 5.97 Å². The molecule has 0 aliphatic carbocycles. The Labute approximate surface area is 176 Å². The molecule has 0 saturated heterocycles. The van der Waals surface area contributed by atoms with Crippen LogP contribution in [-0.2, 0) is 4.79 Å². The maximum atomic E-state index is 11.0. The van der Waals surface area contributed by atoms with Crippen LogP contribution in [-0.4, -0.2) is 15.6 Å². The van der Waals surface area contributed by atoms with Gasteiger partial charge < -0.3 is 9.67 Å². The Hall–Kier alpha value is -3.59. The third-order valence-corrected chi connectivity index (χ3v) is 5.63. The summed E-state index contributed by atoms with van der Waals surface area (Å²) in [6, 6.07) is 25.5. The molecule has 3 aromatic carbocycles. The van der Waals surface area contributed by atoms with Gasteiger partial charge in [0.2, 0.25) is 0 Å². The van der Waals surface area contributed by atoms with Crippen molar-refractivity contribution in [1.29, 1.82) is 0 Å². The van der Waals surface area contributed by atoms with Crippen molar-refractivity contribution in [3.8, 4) is 0 Å². The van der Waals surface area contributed by atoms with Crippen LogP contribution >= 0.6 is 0 Å². The number of hydrogen-bond acceptors (Lipinski definition) is 1. The lowest BCUT2D eigenvalue weighted by atomic mass is 9.93. The highest BCUT2D eigenvalue weighted by Gasteiger charge is 2.20. The molecule has 30 heavy (non-hydrogen) atoms. The smallest absolute Gasteiger partial charge is 0.328 e. The molecular formula is C27H25NO2. The summed E-state index contributed by atoms with van der Waals surface area (Å²) in [7, 11) is 0. The van der Waals surface area contributed by atoms with Crippen molar-refractivity contribution in [2.75, 3.05) is 0 Å². The molecule has 1 atom stereocenters. The number of aryl methyl sites for hydroxylation is 2. The van der Waals surface area contributed by atoms with Crippen molar-refractivity contribution in [2.45, 2.75) is 26.8 Å². The second-order valence-corrected chi connectivity index (χ2v) is 7.84. The number of aromatic nitrogens is 1. The highest BCUT2D eigenvalue weighted by atomic mass is 16.4. The number of fused-ring (bicyclic) bond motifs is 1. The van der Waals surface area contributed by atoms with Crippen molar-refractivity contribution in [3.05, 3.63) is 113 Å². The first-order valence-electron chi connectivity index (χ1n) is 10.1. The fourth-order valence-corrected chi connectivity index (χ4v) is 4.13. The predicted octanol–water partition coefficient (Wildman–Crippen LogP) is 6.38. The molecule has 0 saturated carbocycles. The molecule has 150 valence electrons. The van der Waals surface area contributed by atoms with Crippen LogP contribution in [0.5, 0.6) is 0 Å². The van der Waals surface area contributed by atoms with Gasteiger partial charge in [-0.15, -0.1) is 0 Å². The van der Waals surface area contributed by atoms with E-state index in [2.05, 4.69) is 91.3 Å². The Morgan fingerprint density at radius 3 is 2.50 bits per heavy atom. The number of benzene rings is 3. The van der Waals surface area contributed by atoms with E-state index in [4.69, 9.17) is 5.11 Å². The summed E-state index contributed by atoms with van der Waals surface area (Å²) in [5.74, 6) is -0.927. The molecule has 1 unspecified atom stereocenters. The van der Waals surface area contributed by atoms with Gasteiger partial charge in [-0.2, -0.15) is 0 Å². The molecule has 0 radical (unpaired) electrons. The molecule has 0 fully saturated rings. The third kappa shape index (κ3) is 3.79. The first kappa shape index (κ1) is 19.7. The first-order valence-corrected chi connectivity index (χ1v) is 10.1. The largest absolute Gasteiger partial charge is 0.478 e. The number of rotatable bonds is 5. The lowest BCUT2D eigenvalue weighted by Gasteiger charge is -2.24. The van der Waals surface area contributed by atoms with E-state index in [1.54, 1.807) is 0 Å². The minimum atomic E-state index is -0.927. The highest BCUT2D eigenvalue weighted by molar-refractivity contribution is 5.92. The SMILES string of the molecule is C/C(=C\C(=O)O)c1ccc2c(ccn2C(c2cccc(C)c2)c2ccccc2C)c1. The van der Waals surface area contributed by atoms with Crippen LogP contribution in [0.2, 0.25) is 0 Å². The molecule has 3 heteroatoms. The van der Waals surface area contributed by atoms with Gasteiger partial charge in [0.15, 0.2) is 0 Å². The number of carbonyl (C=O) groups is 1.